The van der Waals surface area contributed by atoms with Gasteiger partial charge in [-0.2, -0.15) is 4.98 Å². The van der Waals surface area contributed by atoms with Crippen molar-refractivity contribution in [3.63, 3.8) is 0 Å². The predicted octanol–water partition coefficient (Wildman–Crippen LogP) is 3.95. The van der Waals surface area contributed by atoms with Gasteiger partial charge in [-0.3, -0.25) is 0 Å². The van der Waals surface area contributed by atoms with Gasteiger partial charge in [0.2, 0.25) is 5.95 Å². The van der Waals surface area contributed by atoms with Gasteiger partial charge in [0, 0.05) is 42.3 Å². The molecule has 5 heteroatoms. The first kappa shape index (κ1) is 15.6. The van der Waals surface area contributed by atoms with Crippen LogP contribution in [0.2, 0.25) is 0 Å². The average Bonchev–Trinajstić information content (AvgIpc) is 3.01. The zero-order valence-electron chi connectivity index (χ0n) is 14.1. The molecule has 1 saturated heterocycles. The monoisotopic (exact) mass is 311 g/mol. The van der Waals surface area contributed by atoms with Crippen molar-refractivity contribution in [2.45, 2.75) is 39.7 Å². The number of nitrogens with zero attached hydrogens (tertiary/aromatic N) is 3. The molecule has 0 radical (unpaired) electrons. The van der Waals surface area contributed by atoms with Gasteiger partial charge in [-0.1, -0.05) is 0 Å². The standard InChI is InChI=1S/C18H25N5/c1-13(2)19-17-12-14(3)20-18(22-17)21-15-6-8-16(9-7-15)23-10-4-5-11-23/h6-9,12-13H,4-5,10-11H2,1-3H3,(H2,19,20,21,22). The number of rotatable bonds is 5. The lowest BCUT2D eigenvalue weighted by molar-refractivity contribution is 0.885. The minimum absolute atomic E-state index is 0.344. The van der Waals surface area contributed by atoms with Crippen molar-refractivity contribution in [2.75, 3.05) is 28.6 Å². The van der Waals surface area contributed by atoms with Crippen LogP contribution in [-0.4, -0.2) is 29.1 Å². The topological polar surface area (TPSA) is 53.1 Å². The second-order valence-electron chi connectivity index (χ2n) is 6.38. The first-order chi connectivity index (χ1) is 11.1. The third-order valence-corrected chi connectivity index (χ3v) is 3.89. The maximum Gasteiger partial charge on any atom is 0.229 e. The fourth-order valence-corrected chi connectivity index (χ4v) is 2.85. The number of nitrogens with one attached hydrogen (secondary N) is 2. The second kappa shape index (κ2) is 6.86. The Hall–Kier alpha value is -2.30. The molecule has 0 amide bonds. The summed E-state index contributed by atoms with van der Waals surface area (Å²) in [6, 6.07) is 10.8. The summed E-state index contributed by atoms with van der Waals surface area (Å²) >= 11 is 0. The molecule has 2 heterocycles. The van der Waals surface area contributed by atoms with Gasteiger partial charge in [0.25, 0.3) is 0 Å². The van der Waals surface area contributed by atoms with Gasteiger partial charge >= 0.3 is 0 Å². The summed E-state index contributed by atoms with van der Waals surface area (Å²) in [6.45, 7) is 8.51. The Morgan fingerprint density at radius 2 is 1.74 bits per heavy atom. The molecule has 23 heavy (non-hydrogen) atoms. The highest BCUT2D eigenvalue weighted by molar-refractivity contribution is 5.60. The quantitative estimate of drug-likeness (QED) is 0.875. The molecule has 2 N–H and O–H groups in total. The molecule has 0 saturated carbocycles. The zero-order chi connectivity index (χ0) is 16.2. The minimum atomic E-state index is 0.344. The Kier molecular flexibility index (Phi) is 4.65. The number of benzene rings is 1. The third-order valence-electron chi connectivity index (χ3n) is 3.89. The number of aryl methyl sites for hydroxylation is 1. The van der Waals surface area contributed by atoms with Crippen molar-refractivity contribution in [1.82, 2.24) is 9.97 Å². The van der Waals surface area contributed by atoms with Gasteiger partial charge in [-0.05, 0) is 57.9 Å². The smallest absolute Gasteiger partial charge is 0.229 e. The molecule has 1 aliphatic rings. The van der Waals surface area contributed by atoms with Crippen molar-refractivity contribution in [2.24, 2.45) is 0 Å². The molecule has 0 spiro atoms. The summed E-state index contributed by atoms with van der Waals surface area (Å²) in [5, 5.41) is 6.62. The number of hydrogen-bond donors (Lipinski definition) is 2. The molecular formula is C18H25N5. The third kappa shape index (κ3) is 4.12. The maximum absolute atomic E-state index is 4.53. The van der Waals surface area contributed by atoms with Gasteiger partial charge in [-0.15, -0.1) is 0 Å². The van der Waals surface area contributed by atoms with Crippen molar-refractivity contribution in [3.8, 4) is 0 Å². The highest BCUT2D eigenvalue weighted by Crippen LogP contribution is 2.23. The normalized spacial score (nSPS) is 14.3. The van der Waals surface area contributed by atoms with Crippen LogP contribution in [-0.2, 0) is 0 Å². The first-order valence-electron chi connectivity index (χ1n) is 8.34. The lowest BCUT2D eigenvalue weighted by Crippen LogP contribution is -2.17. The van der Waals surface area contributed by atoms with Crippen LogP contribution in [0.25, 0.3) is 0 Å². The molecule has 0 bridgehead atoms. The van der Waals surface area contributed by atoms with Crippen molar-refractivity contribution < 1.29 is 0 Å². The Balaban J connectivity index is 1.72. The van der Waals surface area contributed by atoms with E-state index >= 15 is 0 Å². The van der Waals surface area contributed by atoms with Crippen molar-refractivity contribution >= 4 is 23.1 Å². The molecule has 1 aromatic heterocycles. The molecule has 1 aliphatic heterocycles. The number of anilines is 4. The summed E-state index contributed by atoms with van der Waals surface area (Å²) in [5.74, 6) is 1.48. The summed E-state index contributed by atoms with van der Waals surface area (Å²) in [5.41, 5.74) is 3.24. The maximum atomic E-state index is 4.53. The van der Waals surface area contributed by atoms with E-state index in [-0.39, 0.29) is 0 Å². The SMILES string of the molecule is Cc1cc(NC(C)C)nc(Nc2ccc(N3CCCC3)cc2)n1. The molecule has 5 nitrogen and oxygen atoms in total. The Morgan fingerprint density at radius 3 is 2.39 bits per heavy atom. The molecule has 0 aliphatic carbocycles. The van der Waals surface area contributed by atoms with Crippen LogP contribution in [0.1, 0.15) is 32.4 Å². The highest BCUT2D eigenvalue weighted by atomic mass is 15.2. The molecule has 1 fully saturated rings. The number of aromatic nitrogens is 2. The minimum Gasteiger partial charge on any atom is -0.372 e. The fourth-order valence-electron chi connectivity index (χ4n) is 2.85. The van der Waals surface area contributed by atoms with E-state index in [0.717, 1.165) is 30.3 Å². The Morgan fingerprint density at radius 1 is 1.04 bits per heavy atom. The van der Waals surface area contributed by atoms with E-state index in [9.17, 15) is 0 Å². The van der Waals surface area contributed by atoms with Crippen LogP contribution in [0.15, 0.2) is 30.3 Å². The van der Waals surface area contributed by atoms with E-state index < -0.39 is 0 Å². The molecule has 2 aromatic rings. The first-order valence-corrected chi connectivity index (χ1v) is 8.34. The van der Waals surface area contributed by atoms with Gasteiger partial charge in [0.15, 0.2) is 0 Å². The van der Waals surface area contributed by atoms with E-state index in [1.807, 2.05) is 13.0 Å². The molecule has 1 aromatic carbocycles. The van der Waals surface area contributed by atoms with Crippen LogP contribution in [0, 0.1) is 6.92 Å². The summed E-state index contributed by atoms with van der Waals surface area (Å²) < 4.78 is 0. The Labute approximate surface area is 138 Å². The zero-order valence-corrected chi connectivity index (χ0v) is 14.1. The largest absolute Gasteiger partial charge is 0.372 e. The molecule has 3 rings (SSSR count). The van der Waals surface area contributed by atoms with Gasteiger partial charge in [0.05, 0.1) is 0 Å². The number of hydrogen-bond acceptors (Lipinski definition) is 5. The van der Waals surface area contributed by atoms with Crippen molar-refractivity contribution in [3.05, 3.63) is 36.0 Å². The van der Waals surface area contributed by atoms with Crippen LogP contribution >= 0.6 is 0 Å². The fraction of sp³-hybridized carbons (Fsp3) is 0.444. The van der Waals surface area contributed by atoms with Crippen LogP contribution in [0.5, 0.6) is 0 Å². The second-order valence-corrected chi connectivity index (χ2v) is 6.38. The van der Waals surface area contributed by atoms with E-state index in [1.165, 1.54) is 18.5 Å². The lowest BCUT2D eigenvalue weighted by atomic mass is 10.2. The molecule has 0 unspecified atom stereocenters. The van der Waals surface area contributed by atoms with E-state index in [4.69, 9.17) is 0 Å². The highest BCUT2D eigenvalue weighted by Gasteiger charge is 2.12. The summed E-state index contributed by atoms with van der Waals surface area (Å²) in [7, 11) is 0. The lowest BCUT2D eigenvalue weighted by Gasteiger charge is -2.18. The van der Waals surface area contributed by atoms with Gasteiger partial charge in [-0.25, -0.2) is 4.98 Å². The van der Waals surface area contributed by atoms with Gasteiger partial charge < -0.3 is 15.5 Å². The van der Waals surface area contributed by atoms with Gasteiger partial charge in [0.1, 0.15) is 5.82 Å². The van der Waals surface area contributed by atoms with Crippen LogP contribution in [0.3, 0.4) is 0 Å². The molecule has 122 valence electrons. The predicted molar refractivity (Wildman–Crippen MR) is 96.7 cm³/mol. The van der Waals surface area contributed by atoms with E-state index in [0.29, 0.717) is 12.0 Å². The van der Waals surface area contributed by atoms with Crippen molar-refractivity contribution in [1.29, 1.82) is 0 Å². The Bertz CT molecular complexity index is 645. The summed E-state index contributed by atoms with van der Waals surface area (Å²) in [6.07, 6.45) is 2.59. The van der Waals surface area contributed by atoms with E-state index in [1.54, 1.807) is 0 Å². The molecule has 0 atom stereocenters. The molecular weight excluding hydrogens is 286 g/mol. The summed E-state index contributed by atoms with van der Waals surface area (Å²) in [4.78, 5) is 11.4. The van der Waals surface area contributed by atoms with Crippen LogP contribution in [0.4, 0.5) is 23.1 Å². The van der Waals surface area contributed by atoms with E-state index in [2.05, 4.69) is 63.6 Å². The van der Waals surface area contributed by atoms with Crippen LogP contribution < -0.4 is 15.5 Å². The average molecular weight is 311 g/mol.